The molecule has 2 aliphatic heterocycles. The molecule has 9 heteroatoms. The van der Waals surface area contributed by atoms with Gasteiger partial charge >= 0.3 is 5.97 Å². The van der Waals surface area contributed by atoms with Crippen molar-refractivity contribution in [2.75, 3.05) is 20.1 Å². The third-order valence-electron chi connectivity index (χ3n) is 3.70. The van der Waals surface area contributed by atoms with Gasteiger partial charge in [0.1, 0.15) is 17.3 Å². The summed E-state index contributed by atoms with van der Waals surface area (Å²) in [4.78, 5) is 37.4. The zero-order valence-electron chi connectivity index (χ0n) is 12.1. The van der Waals surface area contributed by atoms with Crippen LogP contribution in [0.3, 0.4) is 0 Å². The molecule has 1 N–H and O–H groups in total. The first-order chi connectivity index (χ1) is 9.75. The molecule has 0 radical (unpaired) electrons. The van der Waals surface area contributed by atoms with Crippen LogP contribution in [-0.4, -0.2) is 64.7 Å². The Hall–Kier alpha value is -0.990. The molecule has 2 amide bonds. The summed E-state index contributed by atoms with van der Waals surface area (Å²) in [6.45, 7) is 3.68. The molecule has 0 aromatic carbocycles. The number of alkyl halides is 1. The van der Waals surface area contributed by atoms with Crippen molar-refractivity contribution in [2.24, 2.45) is 0 Å². The largest absolute Gasteiger partial charge is 0.467 e. The molecule has 0 aliphatic carbocycles. The summed E-state index contributed by atoms with van der Waals surface area (Å²) in [5.74, 6) is -1.75. The lowest BCUT2D eigenvalue weighted by Gasteiger charge is -2.51. The number of nitrogens with zero attached hydrogens (tertiary/aromatic N) is 1. The van der Waals surface area contributed by atoms with E-state index < -0.39 is 39.7 Å². The van der Waals surface area contributed by atoms with Crippen LogP contribution in [-0.2, 0) is 23.9 Å². The number of amides is 2. The van der Waals surface area contributed by atoms with Crippen LogP contribution in [0, 0.1) is 0 Å². The number of thioether (sulfide) groups is 1. The van der Waals surface area contributed by atoms with Crippen LogP contribution >= 0.6 is 23.4 Å². The number of nitrogens with one attached hydrogen (secondary N) is 1. The van der Waals surface area contributed by atoms with Gasteiger partial charge in [0.15, 0.2) is 0 Å². The van der Waals surface area contributed by atoms with E-state index >= 15 is 0 Å². The summed E-state index contributed by atoms with van der Waals surface area (Å²) >= 11 is 6.85. The molecule has 2 rings (SSSR count). The molecule has 2 saturated heterocycles. The van der Waals surface area contributed by atoms with Crippen molar-refractivity contribution in [1.82, 2.24) is 10.2 Å². The van der Waals surface area contributed by atoms with Crippen LogP contribution in [0.2, 0.25) is 0 Å². The highest BCUT2D eigenvalue weighted by atomic mass is 35.5. The molecular formula is C12H17ClN2O5S. The Morgan fingerprint density at radius 3 is 2.52 bits per heavy atom. The lowest BCUT2D eigenvalue weighted by atomic mass is 9.93. The minimum Gasteiger partial charge on any atom is -0.467 e. The van der Waals surface area contributed by atoms with E-state index in [0.29, 0.717) is 0 Å². The van der Waals surface area contributed by atoms with Crippen molar-refractivity contribution >= 4 is 41.1 Å². The molecule has 2 aliphatic rings. The number of β-lactam (4-membered cyclic amide) rings is 1. The molecule has 2 fully saturated rings. The number of halogens is 1. The van der Waals surface area contributed by atoms with Gasteiger partial charge in [0.25, 0.3) is 11.6 Å². The second kappa shape index (κ2) is 5.33. The molecule has 118 valence electrons. The van der Waals surface area contributed by atoms with Crippen LogP contribution in [0.1, 0.15) is 13.8 Å². The van der Waals surface area contributed by atoms with E-state index in [9.17, 15) is 14.4 Å². The van der Waals surface area contributed by atoms with E-state index in [-0.39, 0.29) is 5.88 Å². The summed E-state index contributed by atoms with van der Waals surface area (Å²) in [5.41, 5.74) is -1.48. The zero-order valence-corrected chi connectivity index (χ0v) is 13.7. The van der Waals surface area contributed by atoms with Crippen LogP contribution in [0.4, 0.5) is 0 Å². The molecule has 1 unspecified atom stereocenters. The number of methoxy groups -OCH3 is 2. The molecular weight excluding hydrogens is 320 g/mol. The fraction of sp³-hybridized carbons (Fsp3) is 0.750. The van der Waals surface area contributed by atoms with Crippen LogP contribution in [0.25, 0.3) is 0 Å². The normalized spacial score (nSPS) is 33.2. The SMILES string of the molecule is COC(=O)C1N2C(=O)[C@](NC(=O)CCl)(OC)[C@@H]2SC1(C)C. The van der Waals surface area contributed by atoms with E-state index in [2.05, 4.69) is 5.32 Å². The van der Waals surface area contributed by atoms with E-state index in [1.807, 2.05) is 13.8 Å². The number of rotatable bonds is 4. The Labute approximate surface area is 131 Å². The maximum atomic E-state index is 12.5. The van der Waals surface area contributed by atoms with Gasteiger partial charge in [-0.05, 0) is 13.8 Å². The van der Waals surface area contributed by atoms with Gasteiger partial charge in [0, 0.05) is 11.9 Å². The van der Waals surface area contributed by atoms with Crippen molar-refractivity contribution < 1.29 is 23.9 Å². The fourth-order valence-corrected chi connectivity index (χ4v) is 4.45. The second-order valence-electron chi connectivity index (χ2n) is 5.33. The Balaban J connectivity index is 2.33. The van der Waals surface area contributed by atoms with Crippen LogP contribution in [0.5, 0.6) is 0 Å². The Kier molecular flexibility index (Phi) is 4.16. The molecule has 0 spiro atoms. The predicted octanol–water partition coefficient (Wildman–Crippen LogP) is -0.0806. The second-order valence-corrected chi connectivity index (χ2v) is 7.34. The third kappa shape index (κ3) is 2.20. The van der Waals surface area contributed by atoms with Crippen molar-refractivity contribution in [3.63, 3.8) is 0 Å². The summed E-state index contributed by atoms with van der Waals surface area (Å²) in [6.07, 6.45) is 0. The average Bonchev–Trinajstić information content (AvgIpc) is 2.72. The Bertz CT molecular complexity index is 500. The number of esters is 1. The summed E-state index contributed by atoms with van der Waals surface area (Å²) < 4.78 is 9.50. The molecule has 0 saturated carbocycles. The zero-order chi connectivity index (χ0) is 16.0. The van der Waals surface area contributed by atoms with Crippen LogP contribution in [0.15, 0.2) is 0 Å². The molecule has 0 bridgehead atoms. The van der Waals surface area contributed by atoms with E-state index in [4.69, 9.17) is 21.1 Å². The monoisotopic (exact) mass is 336 g/mol. The first-order valence-corrected chi connectivity index (χ1v) is 7.67. The van der Waals surface area contributed by atoms with Crippen molar-refractivity contribution in [1.29, 1.82) is 0 Å². The average molecular weight is 337 g/mol. The fourth-order valence-electron chi connectivity index (χ4n) is 2.72. The van der Waals surface area contributed by atoms with Gasteiger partial charge < -0.3 is 19.7 Å². The smallest absolute Gasteiger partial charge is 0.330 e. The predicted molar refractivity (Wildman–Crippen MR) is 76.7 cm³/mol. The third-order valence-corrected chi connectivity index (χ3v) is 5.55. The van der Waals surface area contributed by atoms with Crippen molar-refractivity contribution in [3.8, 4) is 0 Å². The highest BCUT2D eigenvalue weighted by Crippen LogP contribution is 2.55. The van der Waals surface area contributed by atoms with E-state index in [1.54, 1.807) is 0 Å². The first-order valence-electron chi connectivity index (χ1n) is 6.25. The minimum atomic E-state index is -1.48. The number of carbonyl (C=O) groups is 3. The molecule has 0 aromatic rings. The van der Waals surface area contributed by atoms with Gasteiger partial charge in [-0.25, -0.2) is 4.79 Å². The Morgan fingerprint density at radius 1 is 1.43 bits per heavy atom. The van der Waals surface area contributed by atoms with Gasteiger partial charge in [0.2, 0.25) is 5.91 Å². The molecule has 21 heavy (non-hydrogen) atoms. The standard InChI is InChI=1S/C12H17ClN2O5S/c1-11(2)7(8(17)19-3)15-9(18)12(20-4,10(15)21-11)14-6(16)5-13/h7,10H,5H2,1-4H3,(H,14,16)/t7?,10-,12-/m0/s1. The lowest BCUT2D eigenvalue weighted by molar-refractivity contribution is -0.201. The van der Waals surface area contributed by atoms with Gasteiger partial charge in [-0.3, -0.25) is 9.59 Å². The van der Waals surface area contributed by atoms with Crippen molar-refractivity contribution in [2.45, 2.75) is 35.7 Å². The minimum absolute atomic E-state index is 0.278. The molecule has 2 heterocycles. The number of carbonyl (C=O) groups excluding carboxylic acids is 3. The number of hydrogen-bond acceptors (Lipinski definition) is 6. The summed E-state index contributed by atoms with van der Waals surface area (Å²) in [7, 11) is 2.61. The summed E-state index contributed by atoms with van der Waals surface area (Å²) in [5, 5.41) is 2.01. The Morgan fingerprint density at radius 2 is 2.05 bits per heavy atom. The highest BCUT2D eigenvalue weighted by molar-refractivity contribution is 8.01. The first kappa shape index (κ1) is 16.4. The highest BCUT2D eigenvalue weighted by Gasteiger charge is 2.73. The maximum Gasteiger partial charge on any atom is 0.330 e. The number of ether oxygens (including phenoxy) is 2. The number of hydrogen-bond donors (Lipinski definition) is 1. The van der Waals surface area contributed by atoms with Crippen molar-refractivity contribution in [3.05, 3.63) is 0 Å². The number of fused-ring (bicyclic) bond motifs is 1. The molecule has 3 atom stereocenters. The van der Waals surface area contributed by atoms with Gasteiger partial charge in [-0.15, -0.1) is 23.4 Å². The summed E-state index contributed by atoms with van der Waals surface area (Å²) in [6, 6.07) is -0.721. The maximum absolute atomic E-state index is 12.5. The topological polar surface area (TPSA) is 84.9 Å². The van der Waals surface area contributed by atoms with Crippen LogP contribution < -0.4 is 5.32 Å². The van der Waals surface area contributed by atoms with E-state index in [0.717, 1.165) is 0 Å². The van der Waals surface area contributed by atoms with Gasteiger partial charge in [0.05, 0.1) is 7.11 Å². The van der Waals surface area contributed by atoms with Gasteiger partial charge in [-0.2, -0.15) is 0 Å². The lowest BCUT2D eigenvalue weighted by Crippen LogP contribution is -2.80. The molecule has 7 nitrogen and oxygen atoms in total. The van der Waals surface area contributed by atoms with Gasteiger partial charge in [-0.1, -0.05) is 0 Å². The molecule has 0 aromatic heterocycles. The van der Waals surface area contributed by atoms with E-state index in [1.165, 1.54) is 30.9 Å². The quantitative estimate of drug-likeness (QED) is 0.334.